The van der Waals surface area contributed by atoms with E-state index in [-0.39, 0.29) is 0 Å². The summed E-state index contributed by atoms with van der Waals surface area (Å²) >= 11 is 13.3. The molecule has 0 spiro atoms. The van der Waals surface area contributed by atoms with Gasteiger partial charge in [0.25, 0.3) is 0 Å². The van der Waals surface area contributed by atoms with Crippen LogP contribution in [0.5, 0.6) is 0 Å². The van der Waals surface area contributed by atoms with E-state index >= 15 is 0 Å². The van der Waals surface area contributed by atoms with Gasteiger partial charge in [-0.15, -0.1) is 11.3 Å². The quantitative estimate of drug-likeness (QED) is 0.664. The van der Waals surface area contributed by atoms with Crippen molar-refractivity contribution in [2.75, 3.05) is 5.43 Å². The molecule has 1 aromatic heterocycles. The van der Waals surface area contributed by atoms with E-state index in [9.17, 15) is 0 Å². The molecule has 0 aliphatic carbocycles. The van der Waals surface area contributed by atoms with E-state index in [0.717, 1.165) is 22.1 Å². The van der Waals surface area contributed by atoms with Crippen molar-refractivity contribution < 1.29 is 0 Å². The van der Waals surface area contributed by atoms with Crippen LogP contribution >= 0.6 is 34.5 Å². The number of hydrogen-bond acceptors (Lipinski definition) is 4. The Hall–Kier alpha value is -1.10. The van der Waals surface area contributed by atoms with Crippen molar-refractivity contribution in [3.05, 3.63) is 44.9 Å². The Morgan fingerprint density at radius 3 is 2.72 bits per heavy atom. The fraction of sp³-hybridized carbons (Fsp3) is 0.167. The van der Waals surface area contributed by atoms with Gasteiger partial charge in [-0.2, -0.15) is 5.10 Å². The smallest absolute Gasteiger partial charge is 0.203 e. The molecule has 6 heteroatoms. The Balaban J connectivity index is 2.15. The van der Waals surface area contributed by atoms with E-state index in [1.54, 1.807) is 12.1 Å². The van der Waals surface area contributed by atoms with Gasteiger partial charge in [-0.3, -0.25) is 5.43 Å². The summed E-state index contributed by atoms with van der Waals surface area (Å²) in [4.78, 5) is 4.26. The largest absolute Gasteiger partial charge is 0.252 e. The van der Waals surface area contributed by atoms with Crippen LogP contribution in [0.1, 0.15) is 18.2 Å². The molecular weight excluding hydrogens is 289 g/mol. The first-order valence-electron chi connectivity index (χ1n) is 5.24. The van der Waals surface area contributed by atoms with E-state index < -0.39 is 0 Å². The number of rotatable bonds is 3. The van der Waals surface area contributed by atoms with Crippen molar-refractivity contribution in [3.8, 4) is 0 Å². The SMILES string of the molecule is C/C(=N/Nc1nc(C)cs1)c1ccc(Cl)c(Cl)c1. The zero-order valence-electron chi connectivity index (χ0n) is 9.87. The molecule has 2 aromatic rings. The third-order valence-corrected chi connectivity index (χ3v) is 3.88. The van der Waals surface area contributed by atoms with Crippen molar-refractivity contribution in [1.82, 2.24) is 4.98 Å². The molecule has 0 saturated heterocycles. The highest BCUT2D eigenvalue weighted by Gasteiger charge is 2.03. The molecule has 0 atom stereocenters. The highest BCUT2D eigenvalue weighted by Crippen LogP contribution is 2.23. The van der Waals surface area contributed by atoms with Crippen LogP contribution in [0.15, 0.2) is 28.7 Å². The molecule has 0 aliphatic rings. The van der Waals surface area contributed by atoms with Gasteiger partial charge < -0.3 is 0 Å². The van der Waals surface area contributed by atoms with Crippen LogP contribution in [-0.4, -0.2) is 10.7 Å². The van der Waals surface area contributed by atoms with E-state index in [1.807, 2.05) is 25.3 Å². The minimum Gasteiger partial charge on any atom is -0.252 e. The Morgan fingerprint density at radius 2 is 2.11 bits per heavy atom. The van der Waals surface area contributed by atoms with E-state index in [1.165, 1.54) is 11.3 Å². The number of aromatic nitrogens is 1. The van der Waals surface area contributed by atoms with Crippen molar-refractivity contribution >= 4 is 45.4 Å². The van der Waals surface area contributed by atoms with Gasteiger partial charge >= 0.3 is 0 Å². The molecule has 2 rings (SSSR count). The van der Waals surface area contributed by atoms with Crippen LogP contribution in [0.4, 0.5) is 5.13 Å². The molecular formula is C12H11Cl2N3S. The molecule has 0 saturated carbocycles. The maximum atomic E-state index is 5.96. The third kappa shape index (κ3) is 3.22. The van der Waals surface area contributed by atoms with Gasteiger partial charge in [0.05, 0.1) is 21.5 Å². The summed E-state index contributed by atoms with van der Waals surface area (Å²) < 4.78 is 0. The molecule has 0 amide bonds. The fourth-order valence-corrected chi connectivity index (χ4v) is 2.25. The maximum absolute atomic E-state index is 5.96. The van der Waals surface area contributed by atoms with Gasteiger partial charge in [-0.1, -0.05) is 29.3 Å². The number of thiazole rings is 1. The second-order valence-electron chi connectivity index (χ2n) is 3.73. The number of halogens is 2. The lowest BCUT2D eigenvalue weighted by Gasteiger charge is -2.03. The summed E-state index contributed by atoms with van der Waals surface area (Å²) in [6.07, 6.45) is 0. The van der Waals surface area contributed by atoms with Crippen LogP contribution in [0.3, 0.4) is 0 Å². The number of benzene rings is 1. The number of hydrazone groups is 1. The molecule has 94 valence electrons. The lowest BCUT2D eigenvalue weighted by atomic mass is 10.1. The number of hydrogen-bond donors (Lipinski definition) is 1. The molecule has 1 N–H and O–H groups in total. The van der Waals surface area contributed by atoms with Gasteiger partial charge in [0, 0.05) is 5.38 Å². The molecule has 0 fully saturated rings. The highest BCUT2D eigenvalue weighted by molar-refractivity contribution is 7.13. The van der Waals surface area contributed by atoms with Gasteiger partial charge in [-0.25, -0.2) is 4.98 Å². The zero-order valence-corrected chi connectivity index (χ0v) is 12.2. The van der Waals surface area contributed by atoms with Crippen molar-refractivity contribution in [3.63, 3.8) is 0 Å². The first-order chi connectivity index (χ1) is 8.56. The van der Waals surface area contributed by atoms with Crippen molar-refractivity contribution in [2.45, 2.75) is 13.8 Å². The van der Waals surface area contributed by atoms with Gasteiger partial charge in [0.15, 0.2) is 0 Å². The van der Waals surface area contributed by atoms with Crippen LogP contribution in [0, 0.1) is 6.92 Å². The van der Waals surface area contributed by atoms with E-state index in [4.69, 9.17) is 23.2 Å². The van der Waals surface area contributed by atoms with Gasteiger partial charge in [0.1, 0.15) is 0 Å². The predicted octanol–water partition coefficient (Wildman–Crippen LogP) is 4.59. The second kappa shape index (κ2) is 5.69. The average Bonchev–Trinajstić information content (AvgIpc) is 2.75. The van der Waals surface area contributed by atoms with Crippen LogP contribution in [0.25, 0.3) is 0 Å². The normalized spacial score (nSPS) is 11.7. The van der Waals surface area contributed by atoms with E-state index in [0.29, 0.717) is 10.0 Å². The Kier molecular flexibility index (Phi) is 4.22. The Labute approximate surface area is 119 Å². The van der Waals surface area contributed by atoms with Crippen molar-refractivity contribution in [2.24, 2.45) is 5.10 Å². The molecule has 1 aromatic carbocycles. The molecule has 18 heavy (non-hydrogen) atoms. The summed E-state index contributed by atoms with van der Waals surface area (Å²) in [5.74, 6) is 0. The predicted molar refractivity (Wildman–Crippen MR) is 79.1 cm³/mol. The Morgan fingerprint density at radius 1 is 1.33 bits per heavy atom. The standard InChI is InChI=1S/C12H11Cl2N3S/c1-7-6-18-12(15-7)17-16-8(2)9-3-4-10(13)11(14)5-9/h3-6H,1-2H3,(H,15,17)/b16-8-. The third-order valence-electron chi connectivity index (χ3n) is 2.28. The molecule has 0 aliphatic heterocycles. The summed E-state index contributed by atoms with van der Waals surface area (Å²) in [6, 6.07) is 5.42. The minimum atomic E-state index is 0.522. The zero-order chi connectivity index (χ0) is 13.1. The second-order valence-corrected chi connectivity index (χ2v) is 5.40. The topological polar surface area (TPSA) is 37.3 Å². The summed E-state index contributed by atoms with van der Waals surface area (Å²) in [7, 11) is 0. The number of anilines is 1. The first kappa shape index (κ1) is 13.3. The van der Waals surface area contributed by atoms with Crippen LogP contribution < -0.4 is 5.43 Å². The molecule has 1 heterocycles. The number of nitrogens with one attached hydrogen (secondary N) is 1. The van der Waals surface area contributed by atoms with Crippen LogP contribution in [-0.2, 0) is 0 Å². The average molecular weight is 300 g/mol. The Bertz CT molecular complexity index is 593. The summed E-state index contributed by atoms with van der Waals surface area (Å²) in [5, 5.41) is 8.06. The van der Waals surface area contributed by atoms with Crippen molar-refractivity contribution in [1.29, 1.82) is 0 Å². The molecule has 0 unspecified atom stereocenters. The fourth-order valence-electron chi connectivity index (χ4n) is 1.32. The van der Waals surface area contributed by atoms with Crippen LogP contribution in [0.2, 0.25) is 10.0 Å². The maximum Gasteiger partial charge on any atom is 0.203 e. The summed E-state index contributed by atoms with van der Waals surface area (Å²) in [5.41, 5.74) is 5.64. The minimum absolute atomic E-state index is 0.522. The monoisotopic (exact) mass is 299 g/mol. The number of aryl methyl sites for hydroxylation is 1. The molecule has 0 bridgehead atoms. The molecule has 0 radical (unpaired) electrons. The number of nitrogens with zero attached hydrogens (tertiary/aromatic N) is 2. The van der Waals surface area contributed by atoms with Gasteiger partial charge in [0.2, 0.25) is 5.13 Å². The van der Waals surface area contributed by atoms with Gasteiger partial charge in [-0.05, 0) is 31.5 Å². The lowest BCUT2D eigenvalue weighted by Crippen LogP contribution is -1.99. The highest BCUT2D eigenvalue weighted by atomic mass is 35.5. The summed E-state index contributed by atoms with van der Waals surface area (Å²) in [6.45, 7) is 3.84. The first-order valence-corrected chi connectivity index (χ1v) is 6.87. The molecule has 3 nitrogen and oxygen atoms in total. The van der Waals surface area contributed by atoms with E-state index in [2.05, 4.69) is 15.5 Å². The lowest BCUT2D eigenvalue weighted by molar-refractivity contribution is 1.21.